The van der Waals surface area contributed by atoms with Gasteiger partial charge >= 0.3 is 0 Å². The first-order chi connectivity index (χ1) is 14.0. The molecule has 2 aromatic rings. The van der Waals surface area contributed by atoms with E-state index in [-0.39, 0.29) is 0 Å². The lowest BCUT2D eigenvalue weighted by atomic mass is 10.3. The Morgan fingerprint density at radius 2 is 1.66 bits per heavy atom. The molecule has 2 saturated heterocycles. The fourth-order valence-corrected chi connectivity index (χ4v) is 5.92. The highest BCUT2D eigenvalue weighted by Gasteiger charge is 2.29. The van der Waals surface area contributed by atoms with Crippen LogP contribution in [0.5, 0.6) is 0 Å². The van der Waals surface area contributed by atoms with Crippen LogP contribution in [-0.4, -0.2) is 68.1 Å². The van der Waals surface area contributed by atoms with E-state index in [1.807, 2.05) is 17.0 Å². The maximum absolute atomic E-state index is 13.0. The average Bonchev–Trinajstić information content (AvgIpc) is 3.46. The second-order valence-electron chi connectivity index (χ2n) is 7.03. The topological polar surface area (TPSA) is 106 Å². The normalized spacial score (nSPS) is 18.2. The Bertz CT molecular complexity index is 962. The van der Waals surface area contributed by atoms with Crippen LogP contribution in [0.1, 0.15) is 22.5 Å². The van der Waals surface area contributed by atoms with Crippen molar-refractivity contribution in [2.24, 2.45) is 0 Å². The summed E-state index contributed by atoms with van der Waals surface area (Å²) in [5.74, 6) is -0.604. The number of sulfonamides is 1. The Balaban J connectivity index is 1.40. The van der Waals surface area contributed by atoms with E-state index in [1.54, 1.807) is 17.6 Å². The molecule has 2 aliphatic heterocycles. The fourth-order valence-electron chi connectivity index (χ4n) is 3.64. The number of anilines is 2. The van der Waals surface area contributed by atoms with Gasteiger partial charge in [-0.25, -0.2) is 18.9 Å². The van der Waals surface area contributed by atoms with Gasteiger partial charge in [-0.05, 0) is 37.1 Å². The van der Waals surface area contributed by atoms with Gasteiger partial charge in [-0.3, -0.25) is 10.0 Å². The van der Waals surface area contributed by atoms with Gasteiger partial charge in [0.2, 0.25) is 10.0 Å². The fraction of sp³-hybridized carbons (Fsp3) is 0.444. The average molecular weight is 438 g/mol. The van der Waals surface area contributed by atoms with Crippen LogP contribution in [0, 0.1) is 0 Å². The van der Waals surface area contributed by atoms with Crippen LogP contribution >= 0.6 is 11.3 Å². The van der Waals surface area contributed by atoms with Gasteiger partial charge < -0.3 is 9.80 Å². The summed E-state index contributed by atoms with van der Waals surface area (Å²) in [5.41, 5.74) is 2.65. The number of hydroxylamine groups is 1. The number of amides is 1. The van der Waals surface area contributed by atoms with E-state index in [9.17, 15) is 13.2 Å². The van der Waals surface area contributed by atoms with E-state index in [0.717, 1.165) is 30.1 Å². The Kier molecular flexibility index (Phi) is 5.72. The molecule has 2 fully saturated rings. The first-order valence-electron chi connectivity index (χ1n) is 9.49. The molecule has 1 amide bonds. The molecule has 0 bridgehead atoms. The van der Waals surface area contributed by atoms with Crippen molar-refractivity contribution in [1.82, 2.24) is 14.8 Å². The maximum atomic E-state index is 13.0. The molecule has 156 valence electrons. The van der Waals surface area contributed by atoms with Crippen molar-refractivity contribution < 1.29 is 18.4 Å². The standard InChI is InChI=1S/C18H23N5O4S2/c24-17(20-25)16-13-19-18(28-16)22-9-11-23(12-10-22)29(26,27)15-5-3-14(4-6-15)21-7-1-2-8-21/h3-6,13,25H,1-2,7-12H2,(H,20,24). The molecule has 0 saturated carbocycles. The number of hydrogen-bond donors (Lipinski definition) is 2. The Morgan fingerprint density at radius 1 is 1.00 bits per heavy atom. The van der Waals surface area contributed by atoms with Gasteiger partial charge in [0.25, 0.3) is 5.91 Å². The molecule has 0 atom stereocenters. The summed E-state index contributed by atoms with van der Waals surface area (Å²) in [7, 11) is -3.55. The Morgan fingerprint density at radius 3 is 2.28 bits per heavy atom. The lowest BCUT2D eigenvalue weighted by molar-refractivity contribution is 0.0710. The monoisotopic (exact) mass is 437 g/mol. The molecule has 4 rings (SSSR count). The molecular formula is C18H23N5O4S2. The lowest BCUT2D eigenvalue weighted by Crippen LogP contribution is -2.48. The van der Waals surface area contributed by atoms with E-state index in [0.29, 0.717) is 41.1 Å². The molecule has 9 nitrogen and oxygen atoms in total. The highest BCUT2D eigenvalue weighted by atomic mass is 32.2. The van der Waals surface area contributed by atoms with Gasteiger partial charge in [0.15, 0.2) is 5.13 Å². The van der Waals surface area contributed by atoms with E-state index in [1.165, 1.54) is 23.3 Å². The van der Waals surface area contributed by atoms with Crippen molar-refractivity contribution >= 4 is 38.1 Å². The van der Waals surface area contributed by atoms with Crippen LogP contribution in [0.15, 0.2) is 35.4 Å². The van der Waals surface area contributed by atoms with Crippen molar-refractivity contribution in [3.63, 3.8) is 0 Å². The largest absolute Gasteiger partial charge is 0.372 e. The smallest absolute Gasteiger partial charge is 0.286 e. The van der Waals surface area contributed by atoms with Gasteiger partial charge in [0.05, 0.1) is 11.1 Å². The predicted molar refractivity (Wildman–Crippen MR) is 110 cm³/mol. The molecule has 3 heterocycles. The number of nitrogens with zero attached hydrogens (tertiary/aromatic N) is 4. The molecule has 0 unspecified atom stereocenters. The molecule has 0 aliphatic carbocycles. The number of thiazole rings is 1. The number of piperazine rings is 1. The van der Waals surface area contributed by atoms with Crippen molar-refractivity contribution in [2.75, 3.05) is 49.1 Å². The number of rotatable bonds is 5. The SMILES string of the molecule is O=C(NO)c1cnc(N2CCN(S(=O)(=O)c3ccc(N4CCCC4)cc3)CC2)s1. The zero-order chi connectivity index (χ0) is 20.4. The second kappa shape index (κ2) is 8.27. The van der Waals surface area contributed by atoms with E-state index >= 15 is 0 Å². The third-order valence-corrected chi connectivity index (χ3v) is 8.24. The van der Waals surface area contributed by atoms with Crippen LogP contribution in [0.4, 0.5) is 10.8 Å². The minimum absolute atomic E-state index is 0.302. The number of nitrogens with one attached hydrogen (secondary N) is 1. The quantitative estimate of drug-likeness (QED) is 0.538. The number of carbonyl (C=O) groups is 1. The molecule has 29 heavy (non-hydrogen) atoms. The van der Waals surface area contributed by atoms with Crippen molar-refractivity contribution in [2.45, 2.75) is 17.7 Å². The van der Waals surface area contributed by atoms with Crippen LogP contribution in [-0.2, 0) is 10.0 Å². The minimum atomic E-state index is -3.55. The molecule has 0 radical (unpaired) electrons. The van der Waals surface area contributed by atoms with Crippen LogP contribution in [0.2, 0.25) is 0 Å². The molecule has 1 aromatic carbocycles. The number of benzene rings is 1. The zero-order valence-corrected chi connectivity index (χ0v) is 17.5. The molecule has 2 aliphatic rings. The third-order valence-electron chi connectivity index (χ3n) is 5.27. The summed E-state index contributed by atoms with van der Waals surface area (Å²) >= 11 is 1.16. The van der Waals surface area contributed by atoms with E-state index in [4.69, 9.17) is 5.21 Å². The third kappa shape index (κ3) is 4.08. The summed E-state index contributed by atoms with van der Waals surface area (Å²) in [6.45, 7) is 3.70. The minimum Gasteiger partial charge on any atom is -0.372 e. The summed E-state index contributed by atoms with van der Waals surface area (Å²) in [6.07, 6.45) is 3.75. The summed E-state index contributed by atoms with van der Waals surface area (Å²) in [5, 5.41) is 9.34. The van der Waals surface area contributed by atoms with Gasteiger partial charge in [0, 0.05) is 45.0 Å². The van der Waals surface area contributed by atoms with Gasteiger partial charge in [-0.1, -0.05) is 11.3 Å². The van der Waals surface area contributed by atoms with Crippen LogP contribution in [0.25, 0.3) is 0 Å². The van der Waals surface area contributed by atoms with E-state index in [2.05, 4.69) is 9.88 Å². The lowest BCUT2D eigenvalue weighted by Gasteiger charge is -2.33. The molecule has 2 N–H and O–H groups in total. The molecule has 1 aromatic heterocycles. The summed E-state index contributed by atoms with van der Waals surface area (Å²) < 4.78 is 27.5. The summed E-state index contributed by atoms with van der Waals surface area (Å²) in [4.78, 5) is 20.5. The van der Waals surface area contributed by atoms with Crippen molar-refractivity contribution in [3.8, 4) is 0 Å². The number of aromatic nitrogens is 1. The van der Waals surface area contributed by atoms with E-state index < -0.39 is 15.9 Å². The Labute approximate surface area is 173 Å². The van der Waals surface area contributed by atoms with Crippen molar-refractivity contribution in [1.29, 1.82) is 0 Å². The zero-order valence-electron chi connectivity index (χ0n) is 15.8. The summed E-state index contributed by atoms with van der Waals surface area (Å²) in [6, 6.07) is 7.15. The second-order valence-corrected chi connectivity index (χ2v) is 9.97. The first-order valence-corrected chi connectivity index (χ1v) is 11.7. The molecule has 0 spiro atoms. The first kappa shape index (κ1) is 20.1. The maximum Gasteiger partial charge on any atom is 0.286 e. The highest BCUT2D eigenvalue weighted by Crippen LogP contribution is 2.27. The number of hydrogen-bond acceptors (Lipinski definition) is 8. The van der Waals surface area contributed by atoms with Gasteiger partial charge in [-0.2, -0.15) is 4.31 Å². The molecular weight excluding hydrogens is 414 g/mol. The van der Waals surface area contributed by atoms with Crippen LogP contribution < -0.4 is 15.3 Å². The van der Waals surface area contributed by atoms with Gasteiger partial charge in [-0.15, -0.1) is 0 Å². The predicted octanol–water partition coefficient (Wildman–Crippen LogP) is 1.37. The van der Waals surface area contributed by atoms with Crippen LogP contribution in [0.3, 0.4) is 0 Å². The highest BCUT2D eigenvalue weighted by molar-refractivity contribution is 7.89. The Hall–Kier alpha value is -2.21. The number of carbonyl (C=O) groups excluding carboxylic acids is 1. The molecule has 11 heteroatoms. The van der Waals surface area contributed by atoms with Crippen molar-refractivity contribution in [3.05, 3.63) is 35.3 Å². The van der Waals surface area contributed by atoms with Gasteiger partial charge in [0.1, 0.15) is 4.88 Å².